The summed E-state index contributed by atoms with van der Waals surface area (Å²) in [7, 11) is 0. The van der Waals surface area contributed by atoms with Crippen LogP contribution < -0.4 is 0 Å². The van der Waals surface area contributed by atoms with Crippen LogP contribution in [0.3, 0.4) is 0 Å². The van der Waals surface area contributed by atoms with Crippen molar-refractivity contribution < 1.29 is 19.1 Å². The number of carbonyl (C=O) groups is 2. The van der Waals surface area contributed by atoms with Crippen LogP contribution >= 0.6 is 0 Å². The van der Waals surface area contributed by atoms with E-state index < -0.39 is 0 Å². The second-order valence-electron chi connectivity index (χ2n) is 8.28. The van der Waals surface area contributed by atoms with Crippen molar-refractivity contribution in [2.45, 2.75) is 63.6 Å². The molecular weight excluding hydrogens is 342 g/mol. The van der Waals surface area contributed by atoms with Gasteiger partial charge in [0.15, 0.2) is 0 Å². The van der Waals surface area contributed by atoms with E-state index in [1.807, 2.05) is 35.2 Å². The third-order valence-corrected chi connectivity index (χ3v) is 6.36. The normalized spacial score (nSPS) is 28.1. The number of carbonyl (C=O) groups excluding carboxylic acids is 2. The molecule has 27 heavy (non-hydrogen) atoms. The molecule has 0 N–H and O–H groups in total. The van der Waals surface area contributed by atoms with Gasteiger partial charge in [0.1, 0.15) is 12.4 Å². The van der Waals surface area contributed by atoms with Crippen LogP contribution in [0.2, 0.25) is 0 Å². The molecule has 0 radical (unpaired) electrons. The second-order valence-corrected chi connectivity index (χ2v) is 8.28. The SMILES string of the molecule is O=C(CC1CCCC1)C1CC2COCC(C1)N2C(=O)OCc1ccccc1. The lowest BCUT2D eigenvalue weighted by Gasteiger charge is -2.47. The summed E-state index contributed by atoms with van der Waals surface area (Å²) in [5.41, 5.74) is 0.980. The number of ether oxygens (including phenoxy) is 2. The summed E-state index contributed by atoms with van der Waals surface area (Å²) in [4.78, 5) is 27.3. The standard InChI is InChI=1S/C22H29NO4/c24-21(10-16-6-4-5-7-16)18-11-19-14-26-15-20(12-18)23(19)22(25)27-13-17-8-2-1-3-9-17/h1-3,8-9,16,18-20H,4-7,10-15H2. The fourth-order valence-electron chi connectivity index (χ4n) is 4.94. The first-order valence-corrected chi connectivity index (χ1v) is 10.3. The van der Waals surface area contributed by atoms with Gasteiger partial charge in [-0.05, 0) is 24.3 Å². The first kappa shape index (κ1) is 18.5. The number of fused-ring (bicyclic) bond motifs is 2. The van der Waals surface area contributed by atoms with Crippen molar-refractivity contribution in [3.05, 3.63) is 35.9 Å². The van der Waals surface area contributed by atoms with E-state index in [0.29, 0.717) is 37.8 Å². The molecule has 1 aromatic carbocycles. The lowest BCUT2D eigenvalue weighted by Crippen LogP contribution is -2.60. The highest BCUT2D eigenvalue weighted by Crippen LogP contribution is 2.36. The Labute approximate surface area is 161 Å². The fraction of sp³-hybridized carbons (Fsp3) is 0.636. The molecule has 1 amide bonds. The van der Waals surface area contributed by atoms with Gasteiger partial charge in [0.05, 0.1) is 25.3 Å². The van der Waals surface area contributed by atoms with Crippen LogP contribution in [0.15, 0.2) is 30.3 Å². The summed E-state index contributed by atoms with van der Waals surface area (Å²) in [6.07, 6.45) is 6.80. The lowest BCUT2D eigenvalue weighted by molar-refractivity contribution is -0.132. The minimum atomic E-state index is -0.279. The van der Waals surface area contributed by atoms with Gasteiger partial charge < -0.3 is 9.47 Å². The zero-order valence-corrected chi connectivity index (χ0v) is 15.8. The van der Waals surface area contributed by atoms with Crippen molar-refractivity contribution in [1.82, 2.24) is 4.90 Å². The second kappa shape index (κ2) is 8.42. The summed E-state index contributed by atoms with van der Waals surface area (Å²) in [6.45, 7) is 1.29. The number of nitrogens with zero attached hydrogens (tertiary/aromatic N) is 1. The zero-order valence-electron chi connectivity index (χ0n) is 15.8. The monoisotopic (exact) mass is 371 g/mol. The summed E-state index contributed by atoms with van der Waals surface area (Å²) in [6, 6.07) is 9.63. The molecule has 2 heterocycles. The van der Waals surface area contributed by atoms with E-state index >= 15 is 0 Å². The Morgan fingerprint density at radius 1 is 1.04 bits per heavy atom. The van der Waals surface area contributed by atoms with Gasteiger partial charge in [-0.3, -0.25) is 9.69 Å². The third kappa shape index (κ3) is 4.34. The molecule has 3 aliphatic rings. The maximum absolute atomic E-state index is 12.8. The number of hydrogen-bond acceptors (Lipinski definition) is 4. The van der Waals surface area contributed by atoms with Crippen molar-refractivity contribution in [3.8, 4) is 0 Å². The van der Waals surface area contributed by atoms with Gasteiger partial charge in [0, 0.05) is 12.3 Å². The summed E-state index contributed by atoms with van der Waals surface area (Å²) < 4.78 is 11.2. The van der Waals surface area contributed by atoms with Crippen molar-refractivity contribution in [2.24, 2.45) is 11.8 Å². The molecule has 0 aromatic heterocycles. The average Bonchev–Trinajstić information content (AvgIpc) is 3.19. The highest BCUT2D eigenvalue weighted by atomic mass is 16.6. The van der Waals surface area contributed by atoms with E-state index in [9.17, 15) is 9.59 Å². The number of amides is 1. The van der Waals surface area contributed by atoms with E-state index in [-0.39, 0.29) is 30.7 Å². The van der Waals surface area contributed by atoms with Crippen LogP contribution in [-0.4, -0.2) is 42.1 Å². The smallest absolute Gasteiger partial charge is 0.410 e. The Morgan fingerprint density at radius 2 is 1.70 bits per heavy atom. The largest absolute Gasteiger partial charge is 0.445 e. The van der Waals surface area contributed by atoms with Gasteiger partial charge >= 0.3 is 6.09 Å². The van der Waals surface area contributed by atoms with Crippen LogP contribution in [0.5, 0.6) is 0 Å². The van der Waals surface area contributed by atoms with Crippen LogP contribution in [0.25, 0.3) is 0 Å². The molecular formula is C22H29NO4. The Morgan fingerprint density at radius 3 is 2.37 bits per heavy atom. The molecule has 5 nitrogen and oxygen atoms in total. The lowest BCUT2D eigenvalue weighted by atomic mass is 9.80. The van der Waals surface area contributed by atoms with Gasteiger partial charge in [0.2, 0.25) is 0 Å². The summed E-state index contributed by atoms with van der Waals surface area (Å²) in [5, 5.41) is 0. The van der Waals surface area contributed by atoms with Crippen LogP contribution in [0, 0.1) is 11.8 Å². The van der Waals surface area contributed by atoms with Crippen LogP contribution in [0.1, 0.15) is 50.5 Å². The number of Topliss-reactive ketones (excluding diaryl/α,β-unsaturated/α-hetero) is 1. The fourth-order valence-corrected chi connectivity index (χ4v) is 4.94. The molecule has 2 aliphatic heterocycles. The highest BCUT2D eigenvalue weighted by molar-refractivity contribution is 5.82. The number of piperidine rings is 1. The Bertz CT molecular complexity index is 642. The maximum atomic E-state index is 12.8. The molecule has 146 valence electrons. The molecule has 1 aromatic rings. The molecule has 0 spiro atoms. The topological polar surface area (TPSA) is 55.8 Å². The van der Waals surface area contributed by atoms with E-state index in [1.54, 1.807) is 0 Å². The summed E-state index contributed by atoms with van der Waals surface area (Å²) >= 11 is 0. The number of hydrogen-bond donors (Lipinski definition) is 0. The van der Waals surface area contributed by atoms with Crippen molar-refractivity contribution in [2.75, 3.05) is 13.2 Å². The van der Waals surface area contributed by atoms with Gasteiger partial charge in [-0.1, -0.05) is 56.0 Å². The number of benzene rings is 1. The molecule has 3 fully saturated rings. The molecule has 1 saturated carbocycles. The van der Waals surface area contributed by atoms with Crippen LogP contribution in [-0.2, 0) is 20.9 Å². The zero-order chi connectivity index (χ0) is 18.6. The van der Waals surface area contributed by atoms with E-state index in [1.165, 1.54) is 25.7 Å². The minimum absolute atomic E-state index is 0.0432. The van der Waals surface area contributed by atoms with Crippen LogP contribution in [0.4, 0.5) is 4.79 Å². The Kier molecular flexibility index (Phi) is 5.77. The maximum Gasteiger partial charge on any atom is 0.410 e. The Hall–Kier alpha value is -1.88. The first-order chi connectivity index (χ1) is 13.2. The highest BCUT2D eigenvalue weighted by Gasteiger charge is 2.44. The van der Waals surface area contributed by atoms with E-state index in [2.05, 4.69) is 0 Å². The van der Waals surface area contributed by atoms with Crippen molar-refractivity contribution >= 4 is 11.9 Å². The molecule has 2 bridgehead atoms. The van der Waals surface area contributed by atoms with E-state index in [0.717, 1.165) is 12.0 Å². The number of rotatable bonds is 5. The van der Waals surface area contributed by atoms with E-state index in [4.69, 9.17) is 9.47 Å². The summed E-state index contributed by atoms with van der Waals surface area (Å²) in [5.74, 6) is 1.06. The first-order valence-electron chi connectivity index (χ1n) is 10.3. The minimum Gasteiger partial charge on any atom is -0.445 e. The predicted molar refractivity (Wildman–Crippen MR) is 101 cm³/mol. The number of ketones is 1. The molecule has 2 atom stereocenters. The van der Waals surface area contributed by atoms with Crippen molar-refractivity contribution in [1.29, 1.82) is 0 Å². The quantitative estimate of drug-likeness (QED) is 0.786. The van der Waals surface area contributed by atoms with Gasteiger partial charge in [-0.25, -0.2) is 4.79 Å². The predicted octanol–water partition coefficient (Wildman–Crippen LogP) is 3.95. The van der Waals surface area contributed by atoms with Gasteiger partial charge in [-0.15, -0.1) is 0 Å². The third-order valence-electron chi connectivity index (χ3n) is 6.36. The number of morpholine rings is 1. The van der Waals surface area contributed by atoms with Gasteiger partial charge in [-0.2, -0.15) is 0 Å². The van der Waals surface area contributed by atoms with Gasteiger partial charge in [0.25, 0.3) is 0 Å². The Balaban J connectivity index is 1.35. The molecule has 4 rings (SSSR count). The average molecular weight is 371 g/mol. The molecule has 1 aliphatic carbocycles. The molecule has 5 heteroatoms. The molecule has 2 unspecified atom stereocenters. The van der Waals surface area contributed by atoms with Crippen molar-refractivity contribution in [3.63, 3.8) is 0 Å². The molecule has 2 saturated heterocycles.